The number of carbonyl (C=O) groups excluding carboxylic acids is 1. The molecule has 1 rings (SSSR count). The highest BCUT2D eigenvalue weighted by Crippen LogP contribution is 2.29. The average molecular weight is 343 g/mol. The molecule has 0 fully saturated rings. The number of amides is 1. The Balaban J connectivity index is 3.39. The first-order valence-electron chi connectivity index (χ1n) is 8.00. The van der Waals surface area contributed by atoms with Crippen LogP contribution in [0, 0.1) is 0 Å². The molecule has 0 aliphatic carbocycles. The first-order valence-corrected chi connectivity index (χ1v) is 8.00. The quantitative estimate of drug-likeness (QED) is 0.544. The van der Waals surface area contributed by atoms with Crippen molar-refractivity contribution in [3.8, 4) is 0 Å². The molecule has 0 aliphatic rings. The molecule has 0 saturated heterocycles. The number of hydrogen-bond donors (Lipinski definition) is 2. The molecule has 0 saturated carbocycles. The smallest absolute Gasteiger partial charge is 0.250 e. The summed E-state index contributed by atoms with van der Waals surface area (Å²) in [6.45, 7) is 13.5. The molecule has 1 amide bonds. The Morgan fingerprint density at radius 3 is 2.52 bits per heavy atom. The summed E-state index contributed by atoms with van der Waals surface area (Å²) in [6, 6.07) is 5.75. The van der Waals surface area contributed by atoms with E-state index in [-0.39, 0.29) is 11.1 Å². The van der Waals surface area contributed by atoms with Crippen molar-refractivity contribution in [3.05, 3.63) is 65.7 Å². The number of nitrogens with zero attached hydrogens (tertiary/aromatic N) is 1. The van der Waals surface area contributed by atoms with Crippen LogP contribution in [-0.2, 0) is 4.79 Å². The number of rotatable bonds is 8. The molecule has 0 atom stereocenters. The summed E-state index contributed by atoms with van der Waals surface area (Å²) in [5.74, 6) is -1.30. The Bertz CT molecular complexity index is 747. The molecule has 4 nitrogen and oxygen atoms in total. The van der Waals surface area contributed by atoms with Crippen molar-refractivity contribution < 1.29 is 9.18 Å². The second-order valence-corrected chi connectivity index (χ2v) is 5.76. The fraction of sp³-hybridized carbons (Fsp3) is 0.250. The van der Waals surface area contributed by atoms with E-state index < -0.39 is 11.7 Å². The number of anilines is 2. The molecule has 5 heteroatoms. The zero-order valence-electron chi connectivity index (χ0n) is 15.3. The molecule has 0 bridgehead atoms. The summed E-state index contributed by atoms with van der Waals surface area (Å²) in [6.07, 6.45) is 2.84. The lowest BCUT2D eigenvalue weighted by atomic mass is 10.1. The molecule has 0 heterocycles. The topological polar surface area (TPSA) is 58.4 Å². The van der Waals surface area contributed by atoms with Crippen LogP contribution in [0.3, 0.4) is 0 Å². The normalized spacial score (nSPS) is 12.3. The van der Waals surface area contributed by atoms with Gasteiger partial charge < -0.3 is 16.0 Å². The lowest BCUT2D eigenvalue weighted by Gasteiger charge is -2.22. The summed E-state index contributed by atoms with van der Waals surface area (Å²) in [5.41, 5.74) is 8.78. The largest absolute Gasteiger partial charge is 0.374 e. The van der Waals surface area contributed by atoms with Gasteiger partial charge in [0.25, 0.3) is 5.91 Å². The molecule has 0 aliphatic heterocycles. The van der Waals surface area contributed by atoms with E-state index in [1.165, 1.54) is 6.92 Å². The number of halogens is 1. The van der Waals surface area contributed by atoms with E-state index in [9.17, 15) is 9.18 Å². The Kier molecular flexibility index (Phi) is 7.18. The fourth-order valence-electron chi connectivity index (χ4n) is 2.26. The fourth-order valence-corrected chi connectivity index (χ4v) is 2.26. The van der Waals surface area contributed by atoms with Gasteiger partial charge in [0.2, 0.25) is 0 Å². The molecule has 0 aromatic heterocycles. The summed E-state index contributed by atoms with van der Waals surface area (Å²) >= 11 is 0. The van der Waals surface area contributed by atoms with Crippen molar-refractivity contribution in [2.24, 2.45) is 5.73 Å². The van der Waals surface area contributed by atoms with E-state index in [2.05, 4.69) is 30.3 Å². The second-order valence-electron chi connectivity index (χ2n) is 5.76. The van der Waals surface area contributed by atoms with Crippen LogP contribution in [-0.4, -0.2) is 19.5 Å². The van der Waals surface area contributed by atoms with Gasteiger partial charge in [-0.25, -0.2) is 4.39 Å². The highest BCUT2D eigenvalue weighted by molar-refractivity contribution is 5.96. The summed E-state index contributed by atoms with van der Waals surface area (Å²) < 4.78 is 13.9. The van der Waals surface area contributed by atoms with Crippen molar-refractivity contribution in [1.82, 2.24) is 0 Å². The average Bonchev–Trinajstić information content (AvgIpc) is 2.57. The van der Waals surface area contributed by atoms with Crippen LogP contribution in [0.4, 0.5) is 15.8 Å². The molecule has 134 valence electrons. The molecule has 0 radical (unpaired) electrons. The highest BCUT2D eigenvalue weighted by atomic mass is 19.1. The Hall–Kier alpha value is -2.82. The third-order valence-corrected chi connectivity index (χ3v) is 3.84. The zero-order chi connectivity index (χ0) is 19.1. The van der Waals surface area contributed by atoms with Crippen molar-refractivity contribution in [3.63, 3.8) is 0 Å². The summed E-state index contributed by atoms with van der Waals surface area (Å²) in [7, 11) is 1.98. The number of nitrogens with two attached hydrogens (primary N) is 1. The van der Waals surface area contributed by atoms with E-state index in [1.54, 1.807) is 13.0 Å². The van der Waals surface area contributed by atoms with Crippen LogP contribution in [0.1, 0.15) is 26.3 Å². The van der Waals surface area contributed by atoms with Crippen LogP contribution < -0.4 is 16.0 Å². The SMILES string of the molecule is C=Cc1c(N/C(C)=C(/C=C(/F)C(=C)C)C(N)=O)cccc1N(C)CC. The Morgan fingerprint density at radius 1 is 1.40 bits per heavy atom. The molecule has 0 unspecified atom stereocenters. The first-order chi connectivity index (χ1) is 11.7. The van der Waals surface area contributed by atoms with Gasteiger partial charge in [0.1, 0.15) is 5.83 Å². The lowest BCUT2D eigenvalue weighted by molar-refractivity contribution is -0.114. The van der Waals surface area contributed by atoms with Gasteiger partial charge >= 0.3 is 0 Å². The van der Waals surface area contributed by atoms with Gasteiger partial charge in [0.15, 0.2) is 0 Å². The zero-order valence-corrected chi connectivity index (χ0v) is 15.3. The van der Waals surface area contributed by atoms with E-state index in [0.29, 0.717) is 5.70 Å². The van der Waals surface area contributed by atoms with Crippen LogP contribution in [0.25, 0.3) is 6.08 Å². The minimum Gasteiger partial charge on any atom is -0.374 e. The van der Waals surface area contributed by atoms with Crippen LogP contribution in [0.15, 0.2) is 60.1 Å². The third-order valence-electron chi connectivity index (χ3n) is 3.84. The monoisotopic (exact) mass is 343 g/mol. The number of hydrogen-bond acceptors (Lipinski definition) is 3. The highest BCUT2D eigenvalue weighted by Gasteiger charge is 2.13. The Morgan fingerprint density at radius 2 is 2.04 bits per heavy atom. The standard InChI is InChI=1S/C20H26FN3O/c1-7-15-18(10-9-11-19(15)24(6)8-2)23-14(5)16(20(22)25)12-17(21)13(3)4/h7,9-12,23H,1,3,8H2,2,4-6H3,(H2,22,25)/b16-14-,17-12+. The van der Waals surface area contributed by atoms with Gasteiger partial charge in [-0.15, -0.1) is 0 Å². The lowest BCUT2D eigenvalue weighted by Crippen LogP contribution is -2.18. The van der Waals surface area contributed by atoms with Crippen LogP contribution in [0.2, 0.25) is 0 Å². The van der Waals surface area contributed by atoms with Gasteiger partial charge in [0, 0.05) is 36.2 Å². The number of benzene rings is 1. The van der Waals surface area contributed by atoms with Gasteiger partial charge in [-0.3, -0.25) is 4.79 Å². The molecule has 25 heavy (non-hydrogen) atoms. The maximum atomic E-state index is 13.9. The molecule has 3 N–H and O–H groups in total. The molecule has 1 aromatic rings. The van der Waals surface area contributed by atoms with Crippen molar-refractivity contribution >= 4 is 23.4 Å². The number of primary amides is 1. The van der Waals surface area contributed by atoms with Crippen molar-refractivity contribution in [2.75, 3.05) is 23.8 Å². The first kappa shape index (κ1) is 20.2. The van der Waals surface area contributed by atoms with E-state index in [4.69, 9.17) is 5.73 Å². The van der Waals surface area contributed by atoms with Crippen molar-refractivity contribution in [2.45, 2.75) is 20.8 Å². The summed E-state index contributed by atoms with van der Waals surface area (Å²) in [5, 5.41) is 3.15. The second kappa shape index (κ2) is 8.87. The number of allylic oxidation sites excluding steroid dienone is 3. The van der Waals surface area contributed by atoms with Crippen LogP contribution in [0.5, 0.6) is 0 Å². The minimum absolute atomic E-state index is 0.0600. The molecule has 1 aromatic carbocycles. The van der Waals surface area contributed by atoms with Gasteiger partial charge in [-0.05, 0) is 44.6 Å². The third kappa shape index (κ3) is 5.08. The molecular weight excluding hydrogens is 317 g/mol. The minimum atomic E-state index is -0.719. The van der Waals surface area contributed by atoms with Gasteiger partial charge in [0.05, 0.1) is 5.57 Å². The van der Waals surface area contributed by atoms with E-state index in [0.717, 1.165) is 29.6 Å². The predicted octanol–water partition coefficient (Wildman–Crippen LogP) is 4.39. The Labute approximate surface area is 149 Å². The van der Waals surface area contributed by atoms with Crippen LogP contribution >= 0.6 is 0 Å². The summed E-state index contributed by atoms with van der Waals surface area (Å²) in [4.78, 5) is 13.8. The maximum absolute atomic E-state index is 13.9. The van der Waals surface area contributed by atoms with E-state index in [1.807, 2.05) is 25.2 Å². The number of nitrogens with one attached hydrogen (secondary N) is 1. The molecule has 0 spiro atoms. The number of carbonyl (C=O) groups is 1. The predicted molar refractivity (Wildman–Crippen MR) is 105 cm³/mol. The van der Waals surface area contributed by atoms with Crippen molar-refractivity contribution in [1.29, 1.82) is 0 Å². The van der Waals surface area contributed by atoms with E-state index >= 15 is 0 Å². The maximum Gasteiger partial charge on any atom is 0.250 e. The molecular formula is C20H26FN3O. The van der Waals surface area contributed by atoms with Gasteiger partial charge in [-0.2, -0.15) is 0 Å². The van der Waals surface area contributed by atoms with Gasteiger partial charge in [-0.1, -0.05) is 25.3 Å².